The molecule has 246 valence electrons. The molecule has 0 radical (unpaired) electrons. The van der Waals surface area contributed by atoms with Gasteiger partial charge >= 0.3 is 53.6 Å². The summed E-state index contributed by atoms with van der Waals surface area (Å²) in [6.07, 6.45) is -0.339. The minimum Gasteiger partial charge on any atom is -0.461 e. The fourth-order valence-corrected chi connectivity index (χ4v) is 3.31. The van der Waals surface area contributed by atoms with Crippen molar-refractivity contribution in [2.45, 2.75) is 125 Å². The summed E-state index contributed by atoms with van der Waals surface area (Å²) in [5.74, 6) is -61.7. The Kier molecular flexibility index (Phi) is 13.1. The van der Waals surface area contributed by atoms with Gasteiger partial charge in [-0.05, 0) is 6.42 Å². The molecule has 41 heavy (non-hydrogen) atoms. The number of hydrogen-bond donors (Lipinski definition) is 0. The van der Waals surface area contributed by atoms with Crippen molar-refractivity contribution in [3.8, 4) is 0 Å². The highest BCUT2D eigenvalue weighted by Gasteiger charge is 2.95. The molecule has 0 aliphatic rings. The highest BCUT2D eigenvalue weighted by Crippen LogP contribution is 2.64. The van der Waals surface area contributed by atoms with E-state index in [2.05, 4.69) is 4.74 Å². The summed E-state index contributed by atoms with van der Waals surface area (Å²) in [7, 11) is 0. The van der Waals surface area contributed by atoms with Crippen LogP contribution in [-0.2, 0) is 9.53 Å². The number of halogens is 17. The van der Waals surface area contributed by atoms with Gasteiger partial charge in [-0.1, -0.05) is 71.1 Å². The van der Waals surface area contributed by atoms with Crippen LogP contribution in [0.15, 0.2) is 0 Å². The summed E-state index contributed by atoms with van der Waals surface area (Å²) in [5.41, 5.74) is 0. The van der Waals surface area contributed by atoms with Gasteiger partial charge < -0.3 is 4.74 Å². The molecule has 0 heterocycles. The van der Waals surface area contributed by atoms with Crippen molar-refractivity contribution in [2.75, 3.05) is 6.61 Å². The van der Waals surface area contributed by atoms with E-state index < -0.39 is 60.2 Å². The predicted molar refractivity (Wildman–Crippen MR) is 108 cm³/mol. The third-order valence-electron chi connectivity index (χ3n) is 5.96. The number of carbonyl (C=O) groups excluding carboxylic acids is 1. The van der Waals surface area contributed by atoms with Crippen LogP contribution in [0.3, 0.4) is 0 Å². The van der Waals surface area contributed by atoms with E-state index in [0.29, 0.717) is 12.8 Å². The van der Waals surface area contributed by atoms with E-state index in [0.717, 1.165) is 44.9 Å². The molecule has 0 unspecified atom stereocenters. The van der Waals surface area contributed by atoms with Crippen molar-refractivity contribution in [2.24, 2.45) is 0 Å². The average Bonchev–Trinajstić information content (AvgIpc) is 2.82. The Morgan fingerprint density at radius 1 is 0.439 bits per heavy atom. The summed E-state index contributed by atoms with van der Waals surface area (Å²) in [6.45, 7) is 0.830. The van der Waals surface area contributed by atoms with Gasteiger partial charge in [-0.2, -0.15) is 74.6 Å². The summed E-state index contributed by atoms with van der Waals surface area (Å²) in [5, 5.41) is 0. The summed E-state index contributed by atoms with van der Waals surface area (Å²) >= 11 is 0. The maximum absolute atomic E-state index is 13.8. The molecule has 0 saturated carbocycles. The van der Waals surface area contributed by atoms with E-state index in [-0.39, 0.29) is 12.8 Å². The number of alkyl halides is 17. The summed E-state index contributed by atoms with van der Waals surface area (Å²) in [6, 6.07) is 0. The van der Waals surface area contributed by atoms with Crippen LogP contribution in [0, 0.1) is 0 Å². The first kappa shape index (κ1) is 39.3. The highest BCUT2D eigenvalue weighted by atomic mass is 19.4. The van der Waals surface area contributed by atoms with Crippen LogP contribution in [0.25, 0.3) is 0 Å². The van der Waals surface area contributed by atoms with Gasteiger partial charge in [0.25, 0.3) is 0 Å². The van der Waals surface area contributed by atoms with Crippen molar-refractivity contribution in [1.29, 1.82) is 0 Å². The largest absolute Gasteiger partial charge is 0.461 e. The second kappa shape index (κ2) is 13.7. The van der Waals surface area contributed by atoms with Crippen molar-refractivity contribution >= 4 is 5.97 Å². The minimum absolute atomic E-state index is 0.105. The molecule has 0 rings (SSSR count). The molecule has 0 aromatic heterocycles. The first-order chi connectivity index (χ1) is 18.2. The lowest BCUT2D eigenvalue weighted by atomic mass is 9.89. The van der Waals surface area contributed by atoms with Crippen LogP contribution in [0.5, 0.6) is 0 Å². The van der Waals surface area contributed by atoms with Crippen LogP contribution in [-0.4, -0.2) is 60.2 Å². The van der Waals surface area contributed by atoms with Gasteiger partial charge in [0.05, 0.1) is 6.61 Å². The third-order valence-corrected chi connectivity index (χ3v) is 5.96. The predicted octanol–water partition coefficient (Wildman–Crippen LogP) is 9.85. The quantitative estimate of drug-likeness (QED) is 0.0794. The SMILES string of the molecule is CCCCCCCCCCCCCOC(=O)C(F)(F)C(F)(F)C(F)(F)C(F)(F)C(F)(F)C(F)(F)C(F)(F)C(F)(F)F. The van der Waals surface area contributed by atoms with Crippen molar-refractivity contribution in [3.63, 3.8) is 0 Å². The second-order valence-corrected chi connectivity index (χ2v) is 9.19. The topological polar surface area (TPSA) is 26.3 Å². The van der Waals surface area contributed by atoms with Crippen LogP contribution >= 0.6 is 0 Å². The molecular weight excluding hydrogens is 619 g/mol. The van der Waals surface area contributed by atoms with Crippen molar-refractivity contribution in [1.82, 2.24) is 0 Å². The number of unbranched alkanes of at least 4 members (excludes halogenated alkanes) is 10. The Morgan fingerprint density at radius 3 is 1.07 bits per heavy atom. The molecule has 0 fully saturated rings. The molecule has 0 spiro atoms. The maximum atomic E-state index is 13.8. The van der Waals surface area contributed by atoms with Crippen molar-refractivity contribution in [3.05, 3.63) is 0 Å². The molecule has 2 nitrogen and oxygen atoms in total. The van der Waals surface area contributed by atoms with Gasteiger partial charge in [-0.3, -0.25) is 0 Å². The third kappa shape index (κ3) is 7.63. The van der Waals surface area contributed by atoms with E-state index in [9.17, 15) is 79.4 Å². The molecule has 0 N–H and O–H groups in total. The molecule has 0 aliphatic heterocycles. The fourth-order valence-electron chi connectivity index (χ4n) is 3.31. The normalized spacial score (nSPS) is 14.9. The zero-order valence-electron chi connectivity index (χ0n) is 21.2. The number of ether oxygens (including phenoxy) is 1. The van der Waals surface area contributed by atoms with E-state index >= 15 is 0 Å². The number of rotatable bonds is 19. The van der Waals surface area contributed by atoms with Crippen LogP contribution < -0.4 is 0 Å². The molecule has 0 bridgehead atoms. The first-order valence-corrected chi connectivity index (χ1v) is 12.1. The fraction of sp³-hybridized carbons (Fsp3) is 0.955. The van der Waals surface area contributed by atoms with Crippen molar-refractivity contribution < 1.29 is 84.2 Å². The van der Waals surface area contributed by atoms with Gasteiger partial charge in [0.1, 0.15) is 0 Å². The Balaban J connectivity index is 5.43. The van der Waals surface area contributed by atoms with Crippen LogP contribution in [0.2, 0.25) is 0 Å². The molecule has 0 aromatic rings. The lowest BCUT2D eigenvalue weighted by Crippen LogP contribution is -2.75. The zero-order valence-corrected chi connectivity index (χ0v) is 21.2. The molecule has 0 amide bonds. The highest BCUT2D eigenvalue weighted by molar-refractivity contribution is 5.79. The second-order valence-electron chi connectivity index (χ2n) is 9.19. The van der Waals surface area contributed by atoms with E-state index in [1.165, 1.54) is 0 Å². The van der Waals surface area contributed by atoms with Gasteiger partial charge in [-0.25, -0.2) is 4.79 Å². The monoisotopic (exact) mass is 646 g/mol. The average molecular weight is 646 g/mol. The first-order valence-electron chi connectivity index (χ1n) is 12.1. The number of carbonyl (C=O) groups is 1. The van der Waals surface area contributed by atoms with Crippen LogP contribution in [0.4, 0.5) is 74.6 Å². The lowest BCUT2D eigenvalue weighted by molar-refractivity contribution is -0.460. The summed E-state index contributed by atoms with van der Waals surface area (Å²) in [4.78, 5) is 11.3. The molecule has 0 saturated heterocycles. The van der Waals surface area contributed by atoms with Crippen LogP contribution in [0.1, 0.15) is 77.6 Å². The molecule has 0 atom stereocenters. The van der Waals surface area contributed by atoms with Gasteiger partial charge in [0, 0.05) is 0 Å². The van der Waals surface area contributed by atoms with E-state index in [4.69, 9.17) is 0 Å². The Hall–Kier alpha value is -1.72. The summed E-state index contributed by atoms with van der Waals surface area (Å²) < 4.78 is 228. The smallest absolute Gasteiger partial charge is 0.460 e. The van der Waals surface area contributed by atoms with E-state index in [1.54, 1.807) is 0 Å². The maximum Gasteiger partial charge on any atom is 0.460 e. The Bertz CT molecular complexity index is 821. The standard InChI is InChI=1S/C22H27F17O2/c1-2-3-4-5-6-7-8-9-10-11-12-13-41-14(40)15(23,24)16(25,26)17(27,28)18(29,30)19(31,32)20(33,34)21(35,36)22(37,38)39/h2-13H2,1H3. The molecule has 19 heteroatoms. The van der Waals surface area contributed by atoms with Gasteiger partial charge in [0.15, 0.2) is 0 Å². The van der Waals surface area contributed by atoms with Gasteiger partial charge in [-0.15, -0.1) is 0 Å². The van der Waals surface area contributed by atoms with Gasteiger partial charge in [0.2, 0.25) is 0 Å². The molecule has 0 aromatic carbocycles. The number of hydrogen-bond acceptors (Lipinski definition) is 2. The van der Waals surface area contributed by atoms with E-state index in [1.807, 2.05) is 6.92 Å². The Morgan fingerprint density at radius 2 is 0.732 bits per heavy atom. The minimum atomic E-state index is -8.73. The Labute approximate surface area is 222 Å². The molecule has 0 aliphatic carbocycles. The molecular formula is C22H27F17O2. The number of esters is 1. The zero-order chi connectivity index (χ0) is 32.8. The lowest BCUT2D eigenvalue weighted by Gasteiger charge is -2.42.